The Morgan fingerprint density at radius 3 is 2.42 bits per heavy atom. The second kappa shape index (κ2) is 12.0. The number of carbonyl (C=O) groups is 1. The van der Waals surface area contributed by atoms with E-state index in [2.05, 4.69) is 48.3 Å². The topological polar surface area (TPSA) is 83.8 Å². The molecule has 178 valence electrons. The van der Waals surface area contributed by atoms with Crippen LogP contribution in [0.15, 0.2) is 4.99 Å². The molecule has 0 aliphatic rings. The number of carbonyl (C=O) groups excluding carboxylic acids is 1. The first-order valence-electron chi connectivity index (χ1n) is 11.3. The summed E-state index contributed by atoms with van der Waals surface area (Å²) in [5.41, 5.74) is 3.03. The highest BCUT2D eigenvalue weighted by atomic mass is 16.6. The number of aromatic nitrogens is 2. The van der Waals surface area contributed by atoms with E-state index in [-0.39, 0.29) is 12.1 Å². The van der Waals surface area contributed by atoms with Gasteiger partial charge in [0.1, 0.15) is 5.60 Å². The van der Waals surface area contributed by atoms with Crippen LogP contribution in [-0.4, -0.2) is 65.1 Å². The molecule has 1 aromatic rings. The molecule has 0 spiro atoms. The third-order valence-corrected chi connectivity index (χ3v) is 5.26. The number of hydrogen-bond acceptors (Lipinski definition) is 4. The second-order valence-corrected chi connectivity index (χ2v) is 9.47. The molecule has 1 amide bonds. The van der Waals surface area contributed by atoms with Gasteiger partial charge in [-0.15, -0.1) is 0 Å². The summed E-state index contributed by atoms with van der Waals surface area (Å²) in [6.07, 6.45) is 1.30. The van der Waals surface area contributed by atoms with E-state index in [4.69, 9.17) is 9.73 Å². The van der Waals surface area contributed by atoms with Gasteiger partial charge in [-0.2, -0.15) is 5.10 Å². The molecule has 1 heterocycles. The Kier molecular flexibility index (Phi) is 10.3. The highest BCUT2D eigenvalue weighted by Crippen LogP contribution is 2.13. The van der Waals surface area contributed by atoms with Crippen LogP contribution in [0.1, 0.15) is 64.9 Å². The van der Waals surface area contributed by atoms with Crippen LogP contribution in [0.2, 0.25) is 0 Å². The minimum absolute atomic E-state index is 0.0286. The molecular formula is C23H44N6O2. The van der Waals surface area contributed by atoms with Crippen molar-refractivity contribution in [3.63, 3.8) is 0 Å². The molecule has 0 bridgehead atoms. The first-order chi connectivity index (χ1) is 14.4. The van der Waals surface area contributed by atoms with E-state index in [9.17, 15) is 4.79 Å². The highest BCUT2D eigenvalue weighted by molar-refractivity contribution is 5.79. The normalized spacial score (nSPS) is 13.3. The Balaban J connectivity index is 2.70. The van der Waals surface area contributed by atoms with Crippen molar-refractivity contribution in [3.8, 4) is 0 Å². The minimum Gasteiger partial charge on any atom is -0.444 e. The lowest BCUT2D eigenvalue weighted by Crippen LogP contribution is -2.45. The molecule has 0 aromatic carbocycles. The van der Waals surface area contributed by atoms with Gasteiger partial charge in [0, 0.05) is 45.5 Å². The van der Waals surface area contributed by atoms with Crippen LogP contribution in [-0.2, 0) is 18.2 Å². The number of aliphatic imine (C=N–C) groups is 1. The summed E-state index contributed by atoms with van der Waals surface area (Å²) < 4.78 is 7.35. The molecule has 0 aliphatic carbocycles. The Bertz CT molecular complexity index is 733. The van der Waals surface area contributed by atoms with Crippen LogP contribution in [0.4, 0.5) is 4.79 Å². The van der Waals surface area contributed by atoms with Gasteiger partial charge in [0.15, 0.2) is 5.96 Å². The Morgan fingerprint density at radius 2 is 1.94 bits per heavy atom. The van der Waals surface area contributed by atoms with E-state index in [1.54, 1.807) is 0 Å². The van der Waals surface area contributed by atoms with Gasteiger partial charge in [0.2, 0.25) is 0 Å². The van der Waals surface area contributed by atoms with E-state index in [0.29, 0.717) is 12.5 Å². The van der Waals surface area contributed by atoms with E-state index in [1.165, 1.54) is 11.3 Å². The zero-order chi connectivity index (χ0) is 23.8. The number of ether oxygens (including phenoxy) is 1. The van der Waals surface area contributed by atoms with Gasteiger partial charge in [-0.3, -0.25) is 9.67 Å². The average Bonchev–Trinajstić information content (AvgIpc) is 2.88. The molecule has 0 fully saturated rings. The van der Waals surface area contributed by atoms with Crippen LogP contribution in [0.25, 0.3) is 0 Å². The molecule has 1 atom stereocenters. The van der Waals surface area contributed by atoms with Crippen molar-refractivity contribution in [1.29, 1.82) is 0 Å². The number of guanidine groups is 1. The first kappa shape index (κ1) is 26.8. The molecule has 0 radical (unpaired) electrons. The second-order valence-electron chi connectivity index (χ2n) is 9.47. The van der Waals surface area contributed by atoms with Gasteiger partial charge < -0.3 is 20.3 Å². The Hall–Kier alpha value is -2.25. The number of aryl methyl sites for hydroxylation is 2. The maximum Gasteiger partial charge on any atom is 0.407 e. The molecule has 8 nitrogen and oxygen atoms in total. The molecule has 31 heavy (non-hydrogen) atoms. The van der Waals surface area contributed by atoms with E-state index in [1.807, 2.05) is 46.5 Å². The van der Waals surface area contributed by atoms with Gasteiger partial charge in [-0.25, -0.2) is 4.79 Å². The van der Waals surface area contributed by atoms with Crippen molar-refractivity contribution < 1.29 is 9.53 Å². The van der Waals surface area contributed by atoms with E-state index >= 15 is 0 Å². The van der Waals surface area contributed by atoms with Crippen molar-refractivity contribution in [2.75, 3.05) is 26.7 Å². The van der Waals surface area contributed by atoms with Crippen molar-refractivity contribution in [2.45, 2.75) is 79.9 Å². The fourth-order valence-corrected chi connectivity index (χ4v) is 3.39. The maximum absolute atomic E-state index is 12.2. The van der Waals surface area contributed by atoms with Crippen LogP contribution in [0.3, 0.4) is 0 Å². The quantitative estimate of drug-likeness (QED) is 0.458. The third kappa shape index (κ3) is 9.19. The van der Waals surface area contributed by atoms with Crippen LogP contribution in [0.5, 0.6) is 0 Å². The predicted molar refractivity (Wildman–Crippen MR) is 128 cm³/mol. The number of nitrogens with zero attached hydrogens (tertiary/aromatic N) is 4. The smallest absolute Gasteiger partial charge is 0.407 e. The fourth-order valence-electron chi connectivity index (χ4n) is 3.39. The molecule has 8 heteroatoms. The molecule has 0 aliphatic heterocycles. The lowest BCUT2D eigenvalue weighted by atomic mass is 10.0. The molecule has 1 unspecified atom stereocenters. The monoisotopic (exact) mass is 436 g/mol. The van der Waals surface area contributed by atoms with Gasteiger partial charge in [-0.05, 0) is 65.9 Å². The summed E-state index contributed by atoms with van der Waals surface area (Å²) in [6, 6.07) is 0.0286. The van der Waals surface area contributed by atoms with Gasteiger partial charge >= 0.3 is 6.09 Å². The molecule has 1 rings (SSSR count). The minimum atomic E-state index is -0.502. The standard InChI is InChI=1S/C23H44N6O2/c1-11-24-21(25-14-12-19-17(4)27-29(10)18(19)5)28(9)15-13-20(16(2)3)26-22(30)31-23(6,7)8/h16,20H,11-15H2,1-10H3,(H,24,25)(H,26,30). The lowest BCUT2D eigenvalue weighted by Gasteiger charge is -2.28. The summed E-state index contributed by atoms with van der Waals surface area (Å²) in [4.78, 5) is 19.1. The fraction of sp³-hybridized carbons (Fsp3) is 0.783. The number of nitrogens with one attached hydrogen (secondary N) is 2. The summed E-state index contributed by atoms with van der Waals surface area (Å²) >= 11 is 0. The number of hydrogen-bond donors (Lipinski definition) is 2. The number of rotatable bonds is 9. The zero-order valence-corrected chi connectivity index (χ0v) is 21.3. The van der Waals surface area contributed by atoms with Crippen molar-refractivity contribution in [3.05, 3.63) is 17.0 Å². The van der Waals surface area contributed by atoms with Crippen LogP contribution in [0, 0.1) is 19.8 Å². The molecule has 1 aromatic heterocycles. The molecule has 0 saturated heterocycles. The van der Waals surface area contributed by atoms with Crippen molar-refractivity contribution >= 4 is 12.1 Å². The SMILES string of the molecule is CCNC(=NCCc1c(C)nn(C)c1C)N(C)CCC(NC(=O)OC(C)(C)C)C(C)C. The van der Waals surface area contributed by atoms with Crippen molar-refractivity contribution in [2.24, 2.45) is 18.0 Å². The maximum atomic E-state index is 12.2. The molecule has 2 N–H and O–H groups in total. The zero-order valence-electron chi connectivity index (χ0n) is 21.3. The molecular weight excluding hydrogens is 392 g/mol. The van der Waals surface area contributed by atoms with Crippen LogP contribution >= 0.6 is 0 Å². The summed E-state index contributed by atoms with van der Waals surface area (Å²) in [7, 11) is 4.01. The third-order valence-electron chi connectivity index (χ3n) is 5.26. The summed E-state index contributed by atoms with van der Waals surface area (Å²) in [6.45, 7) is 18.3. The van der Waals surface area contributed by atoms with Gasteiger partial charge in [0.25, 0.3) is 0 Å². The van der Waals surface area contributed by atoms with E-state index < -0.39 is 5.60 Å². The summed E-state index contributed by atoms with van der Waals surface area (Å²) in [5, 5.41) is 10.9. The largest absolute Gasteiger partial charge is 0.444 e. The predicted octanol–water partition coefficient (Wildman–Crippen LogP) is 3.42. The summed E-state index contributed by atoms with van der Waals surface area (Å²) in [5.74, 6) is 1.18. The van der Waals surface area contributed by atoms with Crippen LogP contribution < -0.4 is 10.6 Å². The average molecular weight is 437 g/mol. The van der Waals surface area contributed by atoms with Crippen molar-refractivity contribution in [1.82, 2.24) is 25.3 Å². The lowest BCUT2D eigenvalue weighted by molar-refractivity contribution is 0.0486. The Labute approximate surface area is 188 Å². The number of alkyl carbamates (subject to hydrolysis) is 1. The van der Waals surface area contributed by atoms with Gasteiger partial charge in [-0.1, -0.05) is 13.8 Å². The van der Waals surface area contributed by atoms with Gasteiger partial charge in [0.05, 0.1) is 5.69 Å². The Morgan fingerprint density at radius 1 is 1.29 bits per heavy atom. The number of amides is 1. The molecule has 0 saturated carbocycles. The van der Waals surface area contributed by atoms with E-state index in [0.717, 1.165) is 37.6 Å². The highest BCUT2D eigenvalue weighted by Gasteiger charge is 2.22. The first-order valence-corrected chi connectivity index (χ1v) is 11.3.